The Morgan fingerprint density at radius 3 is 2.48 bits per heavy atom. The lowest BCUT2D eigenvalue weighted by Gasteiger charge is -2.11. The fraction of sp³-hybridized carbons (Fsp3) is 0.188. The number of carbonyl (C=O) groups is 1. The number of phosphoric acid groups is 1. The van der Waals surface area contributed by atoms with Crippen LogP contribution in [-0.4, -0.2) is 27.5 Å². The molecule has 0 aliphatic heterocycles. The van der Waals surface area contributed by atoms with Crippen LogP contribution < -0.4 is 9.84 Å². The average molecular weight is 367 g/mol. The summed E-state index contributed by atoms with van der Waals surface area (Å²) < 4.78 is 20.3. The van der Waals surface area contributed by atoms with Gasteiger partial charge < -0.3 is 19.7 Å². The number of rotatable bonds is 7. The molecule has 0 aromatic heterocycles. The van der Waals surface area contributed by atoms with Gasteiger partial charge in [0.25, 0.3) is 0 Å². The van der Waals surface area contributed by atoms with Crippen molar-refractivity contribution in [3.63, 3.8) is 0 Å². The van der Waals surface area contributed by atoms with Crippen molar-refractivity contribution >= 4 is 13.9 Å². The number of benzene rings is 2. The molecule has 0 radical (unpaired) electrons. The molecule has 0 heterocycles. The number of hydrogen-bond acceptors (Lipinski definition) is 5. The van der Waals surface area contributed by atoms with E-state index in [-0.39, 0.29) is 24.7 Å². The maximum Gasteiger partial charge on any atom is 0.524 e. The Labute approximate surface area is 144 Å². The topological polar surface area (TPSA) is 125 Å². The lowest BCUT2D eigenvalue weighted by molar-refractivity contribution is 0.140. The van der Waals surface area contributed by atoms with Crippen LogP contribution in [0, 0.1) is 0 Å². The number of amides is 1. The number of phenols is 1. The molecule has 2 aromatic rings. The zero-order valence-electron chi connectivity index (χ0n) is 13.2. The molecule has 0 aliphatic rings. The lowest BCUT2D eigenvalue weighted by Crippen LogP contribution is -2.26. The van der Waals surface area contributed by atoms with Gasteiger partial charge >= 0.3 is 13.9 Å². The highest BCUT2D eigenvalue weighted by Crippen LogP contribution is 2.41. The van der Waals surface area contributed by atoms with Gasteiger partial charge in [0.2, 0.25) is 0 Å². The number of ether oxygens (including phenoxy) is 1. The van der Waals surface area contributed by atoms with E-state index in [9.17, 15) is 14.5 Å². The van der Waals surface area contributed by atoms with Gasteiger partial charge in [-0.15, -0.1) is 0 Å². The number of phenolic OH excluding ortho intramolecular Hbond substituents is 1. The second-order valence-corrected chi connectivity index (χ2v) is 6.29. The maximum absolute atomic E-state index is 11.6. The van der Waals surface area contributed by atoms with E-state index in [0.29, 0.717) is 12.0 Å². The quantitative estimate of drug-likeness (QED) is 0.554. The molecule has 9 heteroatoms. The second kappa shape index (κ2) is 8.53. The molecule has 0 aliphatic carbocycles. The molecule has 0 spiro atoms. The van der Waals surface area contributed by atoms with Gasteiger partial charge in [-0.3, -0.25) is 9.79 Å². The second-order valence-electron chi connectivity index (χ2n) is 5.12. The normalized spacial score (nSPS) is 11.0. The third-order valence-corrected chi connectivity index (χ3v) is 3.57. The van der Waals surface area contributed by atoms with Crippen molar-refractivity contribution in [2.24, 2.45) is 0 Å². The van der Waals surface area contributed by atoms with E-state index in [2.05, 4.69) is 9.84 Å². The van der Waals surface area contributed by atoms with Crippen molar-refractivity contribution in [2.45, 2.75) is 13.0 Å². The third-order valence-electron chi connectivity index (χ3n) is 3.14. The largest absolute Gasteiger partial charge is 0.524 e. The molecule has 4 N–H and O–H groups in total. The number of alkyl carbamates (subject to hydrolysis) is 1. The van der Waals surface area contributed by atoms with Crippen LogP contribution in [0.5, 0.6) is 11.5 Å². The highest BCUT2D eigenvalue weighted by Gasteiger charge is 2.18. The van der Waals surface area contributed by atoms with E-state index < -0.39 is 13.9 Å². The van der Waals surface area contributed by atoms with E-state index in [0.717, 1.165) is 5.56 Å². The molecule has 25 heavy (non-hydrogen) atoms. The minimum atomic E-state index is -4.76. The van der Waals surface area contributed by atoms with Crippen LogP contribution >= 0.6 is 7.82 Å². The Kier molecular flexibility index (Phi) is 6.41. The first-order chi connectivity index (χ1) is 11.8. The van der Waals surface area contributed by atoms with Gasteiger partial charge in [0.1, 0.15) is 6.61 Å². The molecule has 2 rings (SSSR count). The smallest absolute Gasteiger partial charge is 0.504 e. The summed E-state index contributed by atoms with van der Waals surface area (Å²) in [5.74, 6) is -0.709. The predicted molar refractivity (Wildman–Crippen MR) is 89.1 cm³/mol. The first-order valence-electron chi connectivity index (χ1n) is 7.35. The molecule has 0 saturated heterocycles. The van der Waals surface area contributed by atoms with Crippen molar-refractivity contribution in [1.82, 2.24) is 5.32 Å². The summed E-state index contributed by atoms with van der Waals surface area (Å²) in [6, 6.07) is 13.3. The highest BCUT2D eigenvalue weighted by atomic mass is 31.2. The van der Waals surface area contributed by atoms with Gasteiger partial charge in [-0.1, -0.05) is 36.4 Å². The first kappa shape index (κ1) is 18.8. The molecule has 0 atom stereocenters. The summed E-state index contributed by atoms with van der Waals surface area (Å²) in [6.45, 7) is 0.403. The molecule has 0 unspecified atom stereocenters. The van der Waals surface area contributed by atoms with Crippen molar-refractivity contribution in [1.29, 1.82) is 0 Å². The van der Waals surface area contributed by atoms with E-state index in [1.54, 1.807) is 6.07 Å². The number of carbonyl (C=O) groups excluding carboxylic acids is 1. The van der Waals surface area contributed by atoms with E-state index in [1.807, 2.05) is 30.3 Å². The fourth-order valence-corrected chi connectivity index (χ4v) is 2.40. The number of nitrogens with one attached hydrogen (secondary N) is 1. The zero-order chi connectivity index (χ0) is 18.3. The minimum Gasteiger partial charge on any atom is -0.504 e. The summed E-state index contributed by atoms with van der Waals surface area (Å²) in [5.41, 5.74) is 1.49. The Balaban J connectivity index is 1.80. The molecule has 0 saturated carbocycles. The van der Waals surface area contributed by atoms with Crippen molar-refractivity contribution in [2.75, 3.05) is 6.54 Å². The van der Waals surface area contributed by atoms with Crippen molar-refractivity contribution in [3.05, 3.63) is 59.7 Å². The van der Waals surface area contributed by atoms with Crippen molar-refractivity contribution in [3.8, 4) is 11.5 Å². The molecule has 134 valence electrons. The Bertz CT molecular complexity index is 760. The molecule has 2 aromatic carbocycles. The highest BCUT2D eigenvalue weighted by molar-refractivity contribution is 7.46. The van der Waals surface area contributed by atoms with E-state index in [1.165, 1.54) is 12.1 Å². The molecule has 0 fully saturated rings. The van der Waals surface area contributed by atoms with Gasteiger partial charge in [0.15, 0.2) is 11.5 Å². The van der Waals surface area contributed by atoms with Crippen LogP contribution in [0.25, 0.3) is 0 Å². The van der Waals surface area contributed by atoms with Crippen LogP contribution in [-0.2, 0) is 22.3 Å². The Morgan fingerprint density at radius 2 is 1.80 bits per heavy atom. The van der Waals surface area contributed by atoms with Gasteiger partial charge in [0.05, 0.1) is 0 Å². The summed E-state index contributed by atoms with van der Waals surface area (Å²) >= 11 is 0. The Morgan fingerprint density at radius 1 is 1.08 bits per heavy atom. The Hall–Kier alpha value is -2.54. The molecular weight excluding hydrogens is 349 g/mol. The SMILES string of the molecule is O=C(NCCc1ccc(O)c(OP(=O)(O)O)c1)OCc1ccccc1. The van der Waals surface area contributed by atoms with Crippen LogP contribution in [0.1, 0.15) is 11.1 Å². The molecular formula is C16H18NO7P. The summed E-state index contributed by atoms with van der Waals surface area (Å²) in [4.78, 5) is 29.2. The van der Waals surface area contributed by atoms with Crippen molar-refractivity contribution < 1.29 is 33.5 Å². The van der Waals surface area contributed by atoms with Crippen LogP contribution in [0.4, 0.5) is 4.79 Å². The first-order valence-corrected chi connectivity index (χ1v) is 8.88. The fourth-order valence-electron chi connectivity index (χ4n) is 2.00. The van der Waals surface area contributed by atoms with Crippen LogP contribution in [0.2, 0.25) is 0 Å². The van der Waals surface area contributed by atoms with Crippen LogP contribution in [0.15, 0.2) is 48.5 Å². The monoisotopic (exact) mass is 367 g/mol. The molecule has 1 amide bonds. The standard InChI is InChI=1S/C16H18NO7P/c18-14-7-6-12(10-15(14)24-25(20,21)22)8-9-17-16(19)23-11-13-4-2-1-3-5-13/h1-7,10,18H,8-9,11H2,(H,17,19)(H2,20,21,22). The molecule has 0 bridgehead atoms. The third kappa shape index (κ3) is 6.84. The summed E-state index contributed by atoms with van der Waals surface area (Å²) in [7, 11) is -4.76. The number of hydrogen-bond donors (Lipinski definition) is 4. The number of phosphoric ester groups is 1. The van der Waals surface area contributed by atoms with Crippen LogP contribution in [0.3, 0.4) is 0 Å². The van der Waals surface area contributed by atoms with E-state index >= 15 is 0 Å². The predicted octanol–water partition coefficient (Wildman–Crippen LogP) is 2.33. The lowest BCUT2D eigenvalue weighted by atomic mass is 10.1. The summed E-state index contributed by atoms with van der Waals surface area (Å²) in [5, 5.41) is 12.1. The van der Waals surface area contributed by atoms with Gasteiger partial charge in [-0.25, -0.2) is 9.36 Å². The summed E-state index contributed by atoms with van der Waals surface area (Å²) in [6.07, 6.45) is -0.215. The van der Waals surface area contributed by atoms with Gasteiger partial charge in [0, 0.05) is 6.54 Å². The average Bonchev–Trinajstić information content (AvgIpc) is 2.55. The number of aromatic hydroxyl groups is 1. The maximum atomic E-state index is 11.6. The van der Waals surface area contributed by atoms with Gasteiger partial charge in [-0.05, 0) is 29.7 Å². The van der Waals surface area contributed by atoms with Gasteiger partial charge in [-0.2, -0.15) is 0 Å². The molecule has 8 nitrogen and oxygen atoms in total. The zero-order valence-corrected chi connectivity index (χ0v) is 14.1. The van der Waals surface area contributed by atoms with E-state index in [4.69, 9.17) is 14.5 Å². The minimum absolute atomic E-state index is 0.159.